The van der Waals surface area contributed by atoms with Gasteiger partial charge in [0.1, 0.15) is 0 Å². The predicted molar refractivity (Wildman–Crippen MR) is 74.7 cm³/mol. The van der Waals surface area contributed by atoms with Gasteiger partial charge in [0.25, 0.3) is 0 Å². The zero-order valence-corrected chi connectivity index (χ0v) is 11.1. The third kappa shape index (κ3) is 2.47. The molecule has 18 heavy (non-hydrogen) atoms. The highest BCUT2D eigenvalue weighted by molar-refractivity contribution is 7.09. The second kappa shape index (κ2) is 4.82. The van der Waals surface area contributed by atoms with Crippen LogP contribution in [0.2, 0.25) is 0 Å². The first kappa shape index (κ1) is 11.9. The molecule has 2 aromatic rings. The van der Waals surface area contributed by atoms with Crippen LogP contribution in [-0.2, 0) is 6.42 Å². The Bertz CT molecular complexity index is 514. The van der Waals surface area contributed by atoms with E-state index in [0.717, 1.165) is 31.4 Å². The van der Waals surface area contributed by atoms with Gasteiger partial charge in [-0.2, -0.15) is 4.37 Å². The molecule has 1 aromatic heterocycles. The molecule has 0 bridgehead atoms. The van der Waals surface area contributed by atoms with E-state index in [1.807, 2.05) is 18.2 Å². The molecular formula is C15H17NOS. The summed E-state index contributed by atoms with van der Waals surface area (Å²) in [7, 11) is 0. The SMILES string of the molecule is OC1(Cc2cc(-c3ccccc3)sn2)CCCC1. The molecule has 0 amide bonds. The Kier molecular flexibility index (Phi) is 3.18. The fourth-order valence-corrected chi connectivity index (χ4v) is 3.44. The quantitative estimate of drug-likeness (QED) is 0.912. The molecular weight excluding hydrogens is 242 g/mol. The Morgan fingerprint density at radius 2 is 1.89 bits per heavy atom. The van der Waals surface area contributed by atoms with Crippen molar-refractivity contribution < 1.29 is 5.11 Å². The van der Waals surface area contributed by atoms with Crippen LogP contribution in [0, 0.1) is 0 Å². The topological polar surface area (TPSA) is 33.1 Å². The van der Waals surface area contributed by atoms with Gasteiger partial charge in [-0.25, -0.2) is 0 Å². The molecule has 0 atom stereocenters. The van der Waals surface area contributed by atoms with Gasteiger partial charge in [-0.3, -0.25) is 0 Å². The molecule has 0 radical (unpaired) electrons. The van der Waals surface area contributed by atoms with Gasteiger partial charge >= 0.3 is 0 Å². The number of rotatable bonds is 3. The second-order valence-electron chi connectivity index (χ2n) is 5.16. The standard InChI is InChI=1S/C15H17NOS/c17-15(8-4-5-9-15)11-13-10-14(18-16-13)12-6-2-1-3-7-12/h1-3,6-7,10,17H,4-5,8-9,11H2. The van der Waals surface area contributed by atoms with Gasteiger partial charge < -0.3 is 5.11 Å². The third-order valence-corrected chi connectivity index (χ3v) is 4.54. The molecule has 1 aliphatic rings. The van der Waals surface area contributed by atoms with E-state index in [0.29, 0.717) is 6.42 Å². The van der Waals surface area contributed by atoms with Gasteiger partial charge in [0.2, 0.25) is 0 Å². The minimum absolute atomic E-state index is 0.498. The van der Waals surface area contributed by atoms with E-state index in [1.165, 1.54) is 22.0 Å². The van der Waals surface area contributed by atoms with E-state index >= 15 is 0 Å². The number of hydrogen-bond donors (Lipinski definition) is 1. The molecule has 2 nitrogen and oxygen atoms in total. The van der Waals surface area contributed by atoms with Gasteiger partial charge in [0, 0.05) is 6.42 Å². The molecule has 0 unspecified atom stereocenters. The lowest BCUT2D eigenvalue weighted by Crippen LogP contribution is -2.27. The predicted octanol–water partition coefficient (Wildman–Crippen LogP) is 3.66. The van der Waals surface area contributed by atoms with Crippen LogP contribution in [0.4, 0.5) is 0 Å². The highest BCUT2D eigenvalue weighted by atomic mass is 32.1. The van der Waals surface area contributed by atoms with E-state index in [-0.39, 0.29) is 0 Å². The van der Waals surface area contributed by atoms with Crippen molar-refractivity contribution in [2.75, 3.05) is 0 Å². The first-order valence-electron chi connectivity index (χ1n) is 6.49. The first-order valence-corrected chi connectivity index (χ1v) is 7.26. The Hall–Kier alpha value is -1.19. The summed E-state index contributed by atoms with van der Waals surface area (Å²) in [6, 6.07) is 12.4. The summed E-state index contributed by atoms with van der Waals surface area (Å²) in [5.41, 5.74) is 1.74. The molecule has 0 saturated heterocycles. The van der Waals surface area contributed by atoms with Gasteiger partial charge in [0.05, 0.1) is 16.2 Å². The van der Waals surface area contributed by atoms with Crippen molar-refractivity contribution in [3.63, 3.8) is 0 Å². The molecule has 1 heterocycles. The number of aromatic nitrogens is 1. The fraction of sp³-hybridized carbons (Fsp3) is 0.400. The molecule has 3 rings (SSSR count). The number of benzene rings is 1. The highest BCUT2D eigenvalue weighted by Crippen LogP contribution is 2.34. The summed E-state index contributed by atoms with van der Waals surface area (Å²) < 4.78 is 4.48. The van der Waals surface area contributed by atoms with Crippen molar-refractivity contribution in [1.82, 2.24) is 4.37 Å². The molecule has 1 fully saturated rings. The second-order valence-corrected chi connectivity index (χ2v) is 5.96. The lowest BCUT2D eigenvalue weighted by Gasteiger charge is -2.20. The van der Waals surface area contributed by atoms with E-state index < -0.39 is 5.60 Å². The minimum atomic E-state index is -0.498. The van der Waals surface area contributed by atoms with Gasteiger partial charge in [-0.1, -0.05) is 43.2 Å². The molecule has 0 aliphatic heterocycles. The highest BCUT2D eigenvalue weighted by Gasteiger charge is 2.31. The van der Waals surface area contributed by atoms with Crippen molar-refractivity contribution in [3.05, 3.63) is 42.1 Å². The van der Waals surface area contributed by atoms with Crippen LogP contribution in [0.25, 0.3) is 10.4 Å². The van der Waals surface area contributed by atoms with Crippen LogP contribution >= 0.6 is 11.5 Å². The summed E-state index contributed by atoms with van der Waals surface area (Å²) >= 11 is 1.52. The molecule has 1 aromatic carbocycles. The van der Waals surface area contributed by atoms with Crippen LogP contribution in [0.3, 0.4) is 0 Å². The van der Waals surface area contributed by atoms with Crippen molar-refractivity contribution in [3.8, 4) is 10.4 Å². The average Bonchev–Trinajstić information content (AvgIpc) is 3.00. The number of nitrogens with zero attached hydrogens (tertiary/aromatic N) is 1. The fourth-order valence-electron chi connectivity index (χ4n) is 2.68. The Labute approximate surface area is 111 Å². The molecule has 3 heteroatoms. The van der Waals surface area contributed by atoms with Crippen LogP contribution in [-0.4, -0.2) is 15.1 Å². The Morgan fingerprint density at radius 3 is 2.61 bits per heavy atom. The van der Waals surface area contributed by atoms with E-state index in [4.69, 9.17) is 0 Å². The maximum absolute atomic E-state index is 10.4. The van der Waals surface area contributed by atoms with Crippen LogP contribution < -0.4 is 0 Å². The average molecular weight is 259 g/mol. The maximum atomic E-state index is 10.4. The van der Waals surface area contributed by atoms with Crippen LogP contribution in [0.15, 0.2) is 36.4 Å². The molecule has 1 aliphatic carbocycles. The summed E-state index contributed by atoms with van der Waals surface area (Å²) in [4.78, 5) is 1.19. The van der Waals surface area contributed by atoms with Crippen molar-refractivity contribution >= 4 is 11.5 Å². The van der Waals surface area contributed by atoms with Gasteiger partial charge in [-0.15, -0.1) is 0 Å². The molecule has 94 valence electrons. The van der Waals surface area contributed by atoms with Gasteiger partial charge in [-0.05, 0) is 36.0 Å². The Balaban J connectivity index is 1.78. The van der Waals surface area contributed by atoms with E-state index in [1.54, 1.807) is 0 Å². The monoisotopic (exact) mass is 259 g/mol. The number of hydrogen-bond acceptors (Lipinski definition) is 3. The third-order valence-electron chi connectivity index (χ3n) is 3.66. The Morgan fingerprint density at radius 1 is 1.17 bits per heavy atom. The molecule has 0 spiro atoms. The zero-order chi connectivity index (χ0) is 12.4. The van der Waals surface area contributed by atoms with E-state index in [9.17, 15) is 5.11 Å². The minimum Gasteiger partial charge on any atom is -0.389 e. The summed E-state index contributed by atoms with van der Waals surface area (Å²) in [5, 5.41) is 10.4. The van der Waals surface area contributed by atoms with Crippen LogP contribution in [0.5, 0.6) is 0 Å². The summed E-state index contributed by atoms with van der Waals surface area (Å²) in [6.07, 6.45) is 4.84. The maximum Gasteiger partial charge on any atom is 0.0703 e. The summed E-state index contributed by atoms with van der Waals surface area (Å²) in [5.74, 6) is 0. The lowest BCUT2D eigenvalue weighted by atomic mass is 9.96. The van der Waals surface area contributed by atoms with Crippen LogP contribution in [0.1, 0.15) is 31.4 Å². The lowest BCUT2D eigenvalue weighted by molar-refractivity contribution is 0.0474. The van der Waals surface area contributed by atoms with Gasteiger partial charge in [0.15, 0.2) is 0 Å². The van der Waals surface area contributed by atoms with E-state index in [2.05, 4.69) is 22.6 Å². The molecule has 1 N–H and O–H groups in total. The zero-order valence-electron chi connectivity index (χ0n) is 10.3. The van der Waals surface area contributed by atoms with Crippen molar-refractivity contribution in [2.45, 2.75) is 37.7 Å². The van der Waals surface area contributed by atoms with Crippen molar-refractivity contribution in [2.24, 2.45) is 0 Å². The molecule has 1 saturated carbocycles. The van der Waals surface area contributed by atoms with Crippen molar-refractivity contribution in [1.29, 1.82) is 0 Å². The number of aliphatic hydroxyl groups is 1. The normalized spacial score (nSPS) is 18.1. The largest absolute Gasteiger partial charge is 0.389 e. The summed E-state index contributed by atoms with van der Waals surface area (Å²) in [6.45, 7) is 0. The first-order chi connectivity index (χ1) is 8.75. The smallest absolute Gasteiger partial charge is 0.0703 e.